The average molecular weight is 499 g/mol. The number of hydrogen-bond acceptors (Lipinski definition) is 6. The van der Waals surface area contributed by atoms with E-state index in [-0.39, 0.29) is 11.5 Å². The van der Waals surface area contributed by atoms with Crippen LogP contribution in [0.1, 0.15) is 63.3 Å². The van der Waals surface area contributed by atoms with Crippen molar-refractivity contribution in [3.8, 4) is 0 Å². The van der Waals surface area contributed by atoms with Crippen LogP contribution in [0.5, 0.6) is 0 Å². The van der Waals surface area contributed by atoms with Crippen molar-refractivity contribution < 1.29 is 9.53 Å². The van der Waals surface area contributed by atoms with Gasteiger partial charge in [-0.05, 0) is 63.6 Å². The monoisotopic (exact) mass is 498 g/mol. The molecule has 1 saturated heterocycles. The van der Waals surface area contributed by atoms with E-state index in [1.54, 1.807) is 11.3 Å². The first-order valence-electron chi connectivity index (χ1n) is 12.9. The van der Waals surface area contributed by atoms with Gasteiger partial charge in [-0.15, -0.1) is 11.3 Å². The highest BCUT2D eigenvalue weighted by atomic mass is 32.1. The van der Waals surface area contributed by atoms with Crippen LogP contribution in [0.15, 0.2) is 10.9 Å². The summed E-state index contributed by atoms with van der Waals surface area (Å²) < 4.78 is 5.45. The standard InChI is InChI=1S/C27H38N4O3S/c1-16-12-17(2)28-25(32)22(16)15-30-11-10-23-24(26(30)33)18(3)27(35-23)29(4)19-6-8-20(9-7-19)31-13-21(14-31)34-5/h12,19-21H,6-11,13-15H2,1-5H3,(H,28,32). The number of H-pyrrole nitrogens is 1. The molecule has 1 aliphatic carbocycles. The number of rotatable bonds is 6. The molecular formula is C27H38N4O3S. The highest BCUT2D eigenvalue weighted by Crippen LogP contribution is 2.41. The molecule has 2 fully saturated rings. The van der Waals surface area contributed by atoms with Gasteiger partial charge in [0.25, 0.3) is 11.5 Å². The first-order valence-corrected chi connectivity index (χ1v) is 13.7. The number of aryl methyl sites for hydroxylation is 2. The van der Waals surface area contributed by atoms with Gasteiger partial charge in [0, 0.05) is 68.4 Å². The average Bonchev–Trinajstić information content (AvgIpc) is 3.14. The van der Waals surface area contributed by atoms with Gasteiger partial charge in [-0.2, -0.15) is 0 Å². The maximum absolute atomic E-state index is 13.5. The van der Waals surface area contributed by atoms with Crippen LogP contribution in [-0.2, 0) is 17.7 Å². The zero-order valence-corrected chi connectivity index (χ0v) is 22.5. The van der Waals surface area contributed by atoms with Crippen molar-refractivity contribution in [2.45, 2.75) is 77.6 Å². The van der Waals surface area contributed by atoms with E-state index in [1.807, 2.05) is 31.9 Å². The number of thiophene rings is 1. The van der Waals surface area contributed by atoms with Gasteiger partial charge in [-0.1, -0.05) is 0 Å². The van der Waals surface area contributed by atoms with Crippen molar-refractivity contribution in [1.29, 1.82) is 0 Å². The summed E-state index contributed by atoms with van der Waals surface area (Å²) in [5.74, 6) is 0.0632. The molecule has 190 valence electrons. The number of methoxy groups -OCH3 is 1. The zero-order valence-electron chi connectivity index (χ0n) is 21.6. The number of anilines is 1. The Labute approximate surface area is 212 Å². The molecule has 1 N–H and O–H groups in total. The van der Waals surface area contributed by atoms with Crippen LogP contribution in [0.25, 0.3) is 0 Å². The van der Waals surface area contributed by atoms with Gasteiger partial charge in [-0.3, -0.25) is 14.5 Å². The topological polar surface area (TPSA) is 68.9 Å². The third kappa shape index (κ3) is 4.56. The third-order valence-corrected chi connectivity index (χ3v) is 9.85. The van der Waals surface area contributed by atoms with E-state index in [4.69, 9.17) is 4.74 Å². The molecule has 2 aromatic rings. The highest BCUT2D eigenvalue weighted by Gasteiger charge is 2.37. The summed E-state index contributed by atoms with van der Waals surface area (Å²) in [6.45, 7) is 9.11. The number of likely N-dealkylation sites (tertiary alicyclic amines) is 1. The van der Waals surface area contributed by atoms with Gasteiger partial charge in [0.05, 0.1) is 23.2 Å². The smallest absolute Gasteiger partial charge is 0.255 e. The molecule has 1 saturated carbocycles. The summed E-state index contributed by atoms with van der Waals surface area (Å²) in [7, 11) is 4.02. The second-order valence-corrected chi connectivity index (χ2v) is 11.7. The van der Waals surface area contributed by atoms with Crippen LogP contribution >= 0.6 is 11.3 Å². The van der Waals surface area contributed by atoms with Crippen molar-refractivity contribution in [3.05, 3.63) is 49.2 Å². The number of pyridine rings is 1. The molecule has 4 heterocycles. The van der Waals surface area contributed by atoms with Gasteiger partial charge in [0.2, 0.25) is 0 Å². The lowest BCUT2D eigenvalue weighted by Crippen LogP contribution is -2.57. The fourth-order valence-corrected chi connectivity index (χ4v) is 7.48. The summed E-state index contributed by atoms with van der Waals surface area (Å²) in [6.07, 6.45) is 6.10. The third-order valence-electron chi connectivity index (χ3n) is 8.41. The van der Waals surface area contributed by atoms with E-state index in [2.05, 4.69) is 28.8 Å². The molecule has 7 nitrogen and oxygen atoms in total. The van der Waals surface area contributed by atoms with Crippen molar-refractivity contribution in [3.63, 3.8) is 0 Å². The Morgan fingerprint density at radius 2 is 1.86 bits per heavy atom. The Morgan fingerprint density at radius 3 is 2.51 bits per heavy atom. The molecule has 8 heteroatoms. The Bertz CT molecular complexity index is 1160. The van der Waals surface area contributed by atoms with Crippen LogP contribution in [-0.4, -0.2) is 72.7 Å². The van der Waals surface area contributed by atoms with Crippen molar-refractivity contribution in [2.75, 3.05) is 38.7 Å². The second-order valence-electron chi connectivity index (χ2n) is 10.6. The molecule has 5 rings (SSSR count). The summed E-state index contributed by atoms with van der Waals surface area (Å²) >= 11 is 1.79. The lowest BCUT2D eigenvalue weighted by molar-refractivity contribution is -0.0578. The molecule has 3 aliphatic rings. The summed E-state index contributed by atoms with van der Waals surface area (Å²) in [5.41, 5.74) is 4.36. The van der Waals surface area contributed by atoms with Crippen LogP contribution in [0.3, 0.4) is 0 Å². The van der Waals surface area contributed by atoms with Gasteiger partial charge in [0.1, 0.15) is 0 Å². The maximum Gasteiger partial charge on any atom is 0.255 e. The van der Waals surface area contributed by atoms with Gasteiger partial charge < -0.3 is 19.5 Å². The van der Waals surface area contributed by atoms with Crippen molar-refractivity contribution >= 4 is 22.2 Å². The molecular weight excluding hydrogens is 460 g/mol. The Hall–Kier alpha value is -2.16. The quantitative estimate of drug-likeness (QED) is 0.659. The van der Waals surface area contributed by atoms with E-state index in [9.17, 15) is 9.59 Å². The van der Waals surface area contributed by atoms with Crippen molar-refractivity contribution in [2.24, 2.45) is 0 Å². The van der Waals surface area contributed by atoms with E-state index >= 15 is 0 Å². The van der Waals surface area contributed by atoms with E-state index in [1.165, 1.54) is 35.6 Å². The number of carbonyl (C=O) groups excluding carboxylic acids is 1. The molecule has 2 aromatic heterocycles. The van der Waals surface area contributed by atoms with Crippen LogP contribution < -0.4 is 10.5 Å². The Kier molecular flexibility index (Phi) is 6.81. The highest BCUT2D eigenvalue weighted by molar-refractivity contribution is 7.16. The first-order chi connectivity index (χ1) is 16.8. The lowest BCUT2D eigenvalue weighted by atomic mass is 9.87. The fourth-order valence-electron chi connectivity index (χ4n) is 6.16. The van der Waals surface area contributed by atoms with Gasteiger partial charge in [0.15, 0.2) is 0 Å². The molecule has 0 aromatic carbocycles. The molecule has 0 bridgehead atoms. The predicted molar refractivity (Wildman–Crippen MR) is 141 cm³/mol. The van der Waals surface area contributed by atoms with E-state index < -0.39 is 0 Å². The Morgan fingerprint density at radius 1 is 1.14 bits per heavy atom. The minimum absolute atomic E-state index is 0.0632. The number of aromatic amines is 1. The summed E-state index contributed by atoms with van der Waals surface area (Å²) in [5, 5.41) is 1.24. The minimum atomic E-state index is -0.0878. The number of aromatic nitrogens is 1. The fraction of sp³-hybridized carbons (Fsp3) is 0.630. The first kappa shape index (κ1) is 24.5. The SMILES string of the molecule is COC1CN(C2CCC(N(C)c3sc4c(c3C)C(=O)N(Cc3c(C)cc(C)[nH]c3=O)CC4)CC2)C1. The largest absolute Gasteiger partial charge is 0.379 e. The van der Waals surface area contributed by atoms with Gasteiger partial charge >= 0.3 is 0 Å². The zero-order chi connectivity index (χ0) is 24.9. The minimum Gasteiger partial charge on any atom is -0.379 e. The number of nitrogens with one attached hydrogen (secondary N) is 1. The second kappa shape index (κ2) is 9.71. The number of nitrogens with zero attached hydrogens (tertiary/aromatic N) is 3. The molecule has 0 atom stereocenters. The molecule has 0 unspecified atom stereocenters. The lowest BCUT2D eigenvalue weighted by Gasteiger charge is -2.47. The maximum atomic E-state index is 13.5. The number of hydrogen-bond donors (Lipinski definition) is 1. The summed E-state index contributed by atoms with van der Waals surface area (Å²) in [4.78, 5) is 37.0. The molecule has 0 radical (unpaired) electrons. The van der Waals surface area contributed by atoms with Gasteiger partial charge in [-0.25, -0.2) is 0 Å². The Balaban J connectivity index is 1.27. The van der Waals surface area contributed by atoms with Crippen LogP contribution in [0.2, 0.25) is 0 Å². The molecule has 0 spiro atoms. The van der Waals surface area contributed by atoms with Crippen molar-refractivity contribution in [1.82, 2.24) is 14.8 Å². The normalized spacial score (nSPS) is 23.3. The van der Waals surface area contributed by atoms with E-state index in [0.717, 1.165) is 41.9 Å². The number of amides is 1. The number of fused-ring (bicyclic) bond motifs is 1. The van der Waals surface area contributed by atoms with Crippen LogP contribution in [0.4, 0.5) is 5.00 Å². The molecule has 35 heavy (non-hydrogen) atoms. The van der Waals surface area contributed by atoms with E-state index in [0.29, 0.717) is 36.8 Å². The summed E-state index contributed by atoms with van der Waals surface area (Å²) in [6, 6.07) is 3.18. The molecule has 2 aliphatic heterocycles. The van der Waals surface area contributed by atoms with Crippen LogP contribution in [0, 0.1) is 20.8 Å². The number of carbonyl (C=O) groups is 1. The predicted octanol–water partition coefficient (Wildman–Crippen LogP) is 3.64. The molecule has 1 amide bonds. The number of ether oxygens (including phenoxy) is 1.